The fraction of sp³-hybridized carbons (Fsp3) is 0.647. The molecule has 0 radical (unpaired) electrons. The first-order valence-electron chi connectivity index (χ1n) is 7.61. The molecule has 1 N–H and O–H groups in total. The van der Waals surface area contributed by atoms with Gasteiger partial charge in [0, 0.05) is 0 Å². The molecule has 0 amide bonds. The molecule has 3 rings (SSSR count). The second kappa shape index (κ2) is 4.73. The Morgan fingerprint density at radius 2 is 2.16 bits per heavy atom. The highest BCUT2D eigenvalue weighted by Crippen LogP contribution is 2.53. The topological polar surface area (TPSA) is 29.5 Å². The van der Waals surface area contributed by atoms with E-state index in [2.05, 4.69) is 13.0 Å². The summed E-state index contributed by atoms with van der Waals surface area (Å²) in [6, 6.07) is 4.06. The van der Waals surface area contributed by atoms with Crippen molar-refractivity contribution in [2.24, 2.45) is 5.92 Å². The van der Waals surface area contributed by atoms with Crippen LogP contribution in [0, 0.1) is 5.92 Å². The highest BCUT2D eigenvalue weighted by molar-refractivity contribution is 5.51. The summed E-state index contributed by atoms with van der Waals surface area (Å²) >= 11 is 0. The molecule has 2 aliphatic rings. The molecule has 2 aliphatic carbocycles. The minimum Gasteiger partial charge on any atom is -0.504 e. The molecule has 1 fully saturated rings. The summed E-state index contributed by atoms with van der Waals surface area (Å²) in [5, 5.41) is 10.1. The number of aryl methyl sites for hydroxylation is 1. The van der Waals surface area contributed by atoms with E-state index in [0.717, 1.165) is 12.3 Å². The fourth-order valence-corrected chi connectivity index (χ4v) is 4.52. The van der Waals surface area contributed by atoms with Crippen LogP contribution in [0.2, 0.25) is 0 Å². The smallest absolute Gasteiger partial charge is 0.160 e. The Morgan fingerprint density at radius 3 is 2.89 bits per heavy atom. The first-order chi connectivity index (χ1) is 9.21. The summed E-state index contributed by atoms with van der Waals surface area (Å²) in [6.45, 7) is 2.31. The summed E-state index contributed by atoms with van der Waals surface area (Å²) in [7, 11) is 1.63. The minimum absolute atomic E-state index is 0.306. The molecule has 0 heterocycles. The van der Waals surface area contributed by atoms with Crippen LogP contribution in [0.25, 0.3) is 0 Å². The van der Waals surface area contributed by atoms with Crippen molar-refractivity contribution in [1.29, 1.82) is 0 Å². The van der Waals surface area contributed by atoms with Gasteiger partial charge < -0.3 is 9.84 Å². The molecule has 0 saturated heterocycles. The van der Waals surface area contributed by atoms with Crippen molar-refractivity contribution in [3.05, 3.63) is 23.3 Å². The molecule has 19 heavy (non-hydrogen) atoms. The number of hydrogen-bond acceptors (Lipinski definition) is 2. The standard InChI is InChI=1S/C17H24O2/c1-3-17-9-5-4-6-13(17)8-7-12-10-16(19-2)15(18)11-14(12)17/h10-11,13,18H,3-9H2,1-2H3/t13-,17-/m1/s1. The van der Waals surface area contributed by atoms with Crippen molar-refractivity contribution >= 4 is 0 Å². The van der Waals surface area contributed by atoms with Gasteiger partial charge >= 0.3 is 0 Å². The SMILES string of the molecule is CC[C@@]12CCCC[C@@H]1CCc1cc(OC)c(O)cc12. The molecule has 1 aromatic rings. The second-order valence-electron chi connectivity index (χ2n) is 6.17. The first kappa shape index (κ1) is 12.8. The van der Waals surface area contributed by atoms with Gasteiger partial charge in [0.05, 0.1) is 7.11 Å². The van der Waals surface area contributed by atoms with Crippen LogP contribution in [0.15, 0.2) is 12.1 Å². The van der Waals surface area contributed by atoms with Crippen molar-refractivity contribution in [2.45, 2.75) is 57.3 Å². The number of phenols is 1. The van der Waals surface area contributed by atoms with Crippen LogP contribution < -0.4 is 4.74 Å². The Hall–Kier alpha value is -1.18. The van der Waals surface area contributed by atoms with Gasteiger partial charge in [-0.3, -0.25) is 0 Å². The molecule has 1 aromatic carbocycles. The fourth-order valence-electron chi connectivity index (χ4n) is 4.52. The van der Waals surface area contributed by atoms with Crippen LogP contribution in [0.1, 0.15) is 56.6 Å². The van der Waals surface area contributed by atoms with Gasteiger partial charge in [-0.15, -0.1) is 0 Å². The summed E-state index contributed by atoms with van der Waals surface area (Å²) in [6.07, 6.45) is 8.98. The van der Waals surface area contributed by atoms with Crippen LogP contribution in [-0.4, -0.2) is 12.2 Å². The van der Waals surface area contributed by atoms with E-state index in [0.29, 0.717) is 16.9 Å². The van der Waals surface area contributed by atoms with Gasteiger partial charge in [0.1, 0.15) is 0 Å². The maximum absolute atomic E-state index is 10.1. The Morgan fingerprint density at radius 1 is 1.32 bits per heavy atom. The van der Waals surface area contributed by atoms with Crippen molar-refractivity contribution in [1.82, 2.24) is 0 Å². The zero-order valence-corrected chi connectivity index (χ0v) is 12.0. The van der Waals surface area contributed by atoms with Crippen LogP contribution in [-0.2, 0) is 11.8 Å². The predicted molar refractivity (Wildman–Crippen MR) is 76.9 cm³/mol. The van der Waals surface area contributed by atoms with E-state index in [4.69, 9.17) is 4.74 Å². The highest BCUT2D eigenvalue weighted by Gasteiger charge is 2.44. The molecular weight excluding hydrogens is 236 g/mol. The van der Waals surface area contributed by atoms with Crippen LogP contribution >= 0.6 is 0 Å². The molecule has 0 bridgehead atoms. The monoisotopic (exact) mass is 260 g/mol. The lowest BCUT2D eigenvalue weighted by Crippen LogP contribution is -2.41. The number of phenolic OH excluding ortho intramolecular Hbond substituents is 1. The van der Waals surface area contributed by atoms with E-state index in [-0.39, 0.29) is 0 Å². The molecule has 2 atom stereocenters. The predicted octanol–water partition coefficient (Wildman–Crippen LogP) is 4.19. The number of ether oxygens (including phenoxy) is 1. The Labute approximate surface area is 115 Å². The van der Waals surface area contributed by atoms with Crippen LogP contribution in [0.5, 0.6) is 11.5 Å². The van der Waals surface area contributed by atoms with Gasteiger partial charge in [0.25, 0.3) is 0 Å². The van der Waals surface area contributed by atoms with Crippen molar-refractivity contribution in [3.8, 4) is 11.5 Å². The average molecular weight is 260 g/mol. The first-order valence-corrected chi connectivity index (χ1v) is 7.61. The van der Waals surface area contributed by atoms with Gasteiger partial charge in [-0.2, -0.15) is 0 Å². The largest absolute Gasteiger partial charge is 0.504 e. The summed E-state index contributed by atoms with van der Waals surface area (Å²) in [4.78, 5) is 0. The number of methoxy groups -OCH3 is 1. The second-order valence-corrected chi connectivity index (χ2v) is 6.17. The maximum atomic E-state index is 10.1. The summed E-state index contributed by atoms with van der Waals surface area (Å²) in [5.41, 5.74) is 3.12. The van der Waals surface area contributed by atoms with Gasteiger partial charge in [-0.1, -0.05) is 19.8 Å². The average Bonchev–Trinajstić information content (AvgIpc) is 2.46. The van der Waals surface area contributed by atoms with Gasteiger partial charge in [0.2, 0.25) is 0 Å². The van der Waals surface area contributed by atoms with E-state index >= 15 is 0 Å². The third-order valence-corrected chi connectivity index (χ3v) is 5.54. The third-order valence-electron chi connectivity index (χ3n) is 5.54. The minimum atomic E-state index is 0.306. The van der Waals surface area contributed by atoms with E-state index in [1.54, 1.807) is 7.11 Å². The lowest BCUT2D eigenvalue weighted by molar-refractivity contribution is 0.152. The van der Waals surface area contributed by atoms with E-state index in [9.17, 15) is 5.11 Å². The summed E-state index contributed by atoms with van der Waals surface area (Å²) < 4.78 is 5.26. The van der Waals surface area contributed by atoms with Crippen molar-refractivity contribution < 1.29 is 9.84 Å². The molecular formula is C17H24O2. The summed E-state index contributed by atoms with van der Waals surface area (Å²) in [5.74, 6) is 1.74. The third kappa shape index (κ3) is 1.84. The van der Waals surface area contributed by atoms with Gasteiger partial charge in [-0.25, -0.2) is 0 Å². The molecule has 2 heteroatoms. The van der Waals surface area contributed by atoms with Gasteiger partial charge in [0.15, 0.2) is 11.5 Å². The molecule has 0 spiro atoms. The molecule has 0 aliphatic heterocycles. The highest BCUT2D eigenvalue weighted by atomic mass is 16.5. The lowest BCUT2D eigenvalue weighted by atomic mass is 9.56. The molecule has 2 nitrogen and oxygen atoms in total. The van der Waals surface area contributed by atoms with E-state index in [1.807, 2.05) is 6.07 Å². The zero-order valence-electron chi connectivity index (χ0n) is 12.0. The normalized spacial score (nSPS) is 29.5. The van der Waals surface area contributed by atoms with Crippen LogP contribution in [0.3, 0.4) is 0 Å². The van der Waals surface area contributed by atoms with Gasteiger partial charge in [-0.05, 0) is 66.7 Å². The zero-order chi connectivity index (χ0) is 13.5. The molecule has 0 aromatic heterocycles. The Balaban J connectivity index is 2.12. The number of hydrogen-bond donors (Lipinski definition) is 1. The molecule has 1 saturated carbocycles. The number of benzene rings is 1. The van der Waals surface area contributed by atoms with Crippen LogP contribution in [0.4, 0.5) is 0 Å². The number of rotatable bonds is 2. The lowest BCUT2D eigenvalue weighted by Gasteiger charge is -2.48. The quantitative estimate of drug-likeness (QED) is 0.864. The van der Waals surface area contributed by atoms with E-state index in [1.165, 1.54) is 49.7 Å². The van der Waals surface area contributed by atoms with E-state index < -0.39 is 0 Å². The Kier molecular flexibility index (Phi) is 3.20. The molecule has 104 valence electrons. The van der Waals surface area contributed by atoms with Crippen molar-refractivity contribution in [3.63, 3.8) is 0 Å². The Bertz CT molecular complexity index is 480. The molecule has 0 unspecified atom stereocenters. The number of fused-ring (bicyclic) bond motifs is 3. The number of aromatic hydroxyl groups is 1. The van der Waals surface area contributed by atoms with Crippen molar-refractivity contribution in [2.75, 3.05) is 7.11 Å². The maximum Gasteiger partial charge on any atom is 0.160 e.